The third kappa shape index (κ3) is 3.62. The van der Waals surface area contributed by atoms with Gasteiger partial charge in [-0.1, -0.05) is 0 Å². The SMILES string of the molecule is COCc1nc2cccnc2n1C1CCN(S(=O)(=O)c2ccsc2C(=O)OC)CC1. The third-order valence-corrected chi connectivity index (χ3v) is 8.17. The lowest BCUT2D eigenvalue weighted by atomic mass is 10.1. The van der Waals surface area contributed by atoms with Crippen LogP contribution in [0.4, 0.5) is 0 Å². The Kier molecular flexibility index (Phi) is 5.87. The Morgan fingerprint density at radius 1 is 1.27 bits per heavy atom. The second kappa shape index (κ2) is 8.42. The number of piperidine rings is 1. The van der Waals surface area contributed by atoms with E-state index in [4.69, 9.17) is 9.47 Å². The second-order valence-corrected chi connectivity index (χ2v) is 9.74. The number of rotatable bonds is 6. The van der Waals surface area contributed by atoms with Gasteiger partial charge in [-0.05, 0) is 36.4 Å². The number of sulfonamides is 1. The average Bonchev–Trinajstić information content (AvgIpc) is 3.39. The van der Waals surface area contributed by atoms with Gasteiger partial charge >= 0.3 is 5.97 Å². The molecule has 0 saturated carbocycles. The quantitative estimate of drug-likeness (QED) is 0.531. The van der Waals surface area contributed by atoms with Gasteiger partial charge in [-0.25, -0.2) is 23.2 Å². The molecule has 1 fully saturated rings. The summed E-state index contributed by atoms with van der Waals surface area (Å²) in [5, 5.41) is 1.59. The van der Waals surface area contributed by atoms with Crippen molar-refractivity contribution in [2.45, 2.75) is 30.4 Å². The van der Waals surface area contributed by atoms with Gasteiger partial charge in [0.25, 0.3) is 0 Å². The molecule has 0 spiro atoms. The Labute approximate surface area is 178 Å². The minimum atomic E-state index is -3.78. The summed E-state index contributed by atoms with van der Waals surface area (Å²) in [7, 11) is -0.924. The number of thiophene rings is 1. The molecule has 4 heterocycles. The summed E-state index contributed by atoms with van der Waals surface area (Å²) in [5.41, 5.74) is 1.57. The van der Waals surface area contributed by atoms with Gasteiger partial charge in [0.15, 0.2) is 5.65 Å². The lowest BCUT2D eigenvalue weighted by Gasteiger charge is -2.32. The number of esters is 1. The Morgan fingerprint density at radius 3 is 2.73 bits per heavy atom. The second-order valence-electron chi connectivity index (χ2n) is 6.92. The number of carbonyl (C=O) groups is 1. The van der Waals surface area contributed by atoms with Crippen molar-refractivity contribution < 1.29 is 22.7 Å². The summed E-state index contributed by atoms with van der Waals surface area (Å²) in [6.07, 6.45) is 2.94. The van der Waals surface area contributed by atoms with E-state index in [1.165, 1.54) is 17.5 Å². The molecule has 0 bridgehead atoms. The van der Waals surface area contributed by atoms with Crippen LogP contribution in [0.25, 0.3) is 11.2 Å². The van der Waals surface area contributed by atoms with Crippen molar-refractivity contribution in [3.05, 3.63) is 40.5 Å². The van der Waals surface area contributed by atoms with E-state index in [9.17, 15) is 13.2 Å². The Morgan fingerprint density at radius 2 is 2.03 bits per heavy atom. The number of pyridine rings is 1. The number of hydrogen-bond donors (Lipinski definition) is 0. The number of nitrogens with zero attached hydrogens (tertiary/aromatic N) is 4. The maximum Gasteiger partial charge on any atom is 0.349 e. The van der Waals surface area contributed by atoms with Crippen molar-refractivity contribution in [2.75, 3.05) is 27.3 Å². The van der Waals surface area contributed by atoms with Gasteiger partial charge in [0.2, 0.25) is 10.0 Å². The molecule has 0 aliphatic carbocycles. The summed E-state index contributed by atoms with van der Waals surface area (Å²) < 4.78 is 39.8. The van der Waals surface area contributed by atoms with Crippen LogP contribution in [0.1, 0.15) is 34.4 Å². The molecule has 11 heteroatoms. The number of carbonyl (C=O) groups excluding carboxylic acids is 1. The zero-order valence-corrected chi connectivity index (χ0v) is 18.3. The highest BCUT2D eigenvalue weighted by Gasteiger charge is 2.34. The van der Waals surface area contributed by atoms with E-state index in [0.29, 0.717) is 32.5 Å². The number of hydrogen-bond acceptors (Lipinski definition) is 8. The predicted molar refractivity (Wildman–Crippen MR) is 111 cm³/mol. The molecular formula is C19H22N4O5S2. The van der Waals surface area contributed by atoms with Gasteiger partial charge < -0.3 is 14.0 Å². The van der Waals surface area contributed by atoms with Crippen LogP contribution < -0.4 is 0 Å². The third-order valence-electron chi connectivity index (χ3n) is 5.20. The van der Waals surface area contributed by atoms with E-state index in [0.717, 1.165) is 28.3 Å². The molecule has 0 aromatic carbocycles. The van der Waals surface area contributed by atoms with Crippen LogP contribution in [0, 0.1) is 0 Å². The fourth-order valence-corrected chi connectivity index (χ4v) is 6.59. The Hall–Kier alpha value is -2.34. The van der Waals surface area contributed by atoms with Gasteiger partial charge in [-0.2, -0.15) is 4.31 Å². The molecule has 0 amide bonds. The minimum absolute atomic E-state index is 0.00705. The molecule has 30 heavy (non-hydrogen) atoms. The van der Waals surface area contributed by atoms with Gasteiger partial charge in [0, 0.05) is 32.4 Å². The standard InChI is InChI=1S/C19H22N4O5S2/c1-27-12-16-21-14-4-3-8-20-18(14)23(16)13-5-9-22(10-6-13)30(25,26)15-7-11-29-17(15)19(24)28-2/h3-4,7-8,11,13H,5-6,9-10,12H2,1-2H3. The maximum absolute atomic E-state index is 13.1. The van der Waals surface area contributed by atoms with Crippen molar-refractivity contribution in [3.8, 4) is 0 Å². The number of ether oxygens (including phenoxy) is 2. The van der Waals surface area contributed by atoms with Crippen LogP contribution in [0.15, 0.2) is 34.7 Å². The molecule has 0 atom stereocenters. The molecule has 0 unspecified atom stereocenters. The predicted octanol–water partition coefficient (Wildman–Crippen LogP) is 2.45. The highest BCUT2D eigenvalue weighted by Crippen LogP contribution is 2.32. The topological polar surface area (TPSA) is 104 Å². The summed E-state index contributed by atoms with van der Waals surface area (Å²) in [4.78, 5) is 21.1. The Balaban J connectivity index is 1.58. The molecule has 160 valence electrons. The average molecular weight is 451 g/mol. The van der Waals surface area contributed by atoms with E-state index >= 15 is 0 Å². The minimum Gasteiger partial charge on any atom is -0.465 e. The van der Waals surface area contributed by atoms with E-state index in [1.807, 2.05) is 12.1 Å². The van der Waals surface area contributed by atoms with Crippen LogP contribution in [-0.4, -0.2) is 60.5 Å². The summed E-state index contributed by atoms with van der Waals surface area (Å²) in [6.45, 7) is 1.02. The van der Waals surface area contributed by atoms with Gasteiger partial charge in [-0.3, -0.25) is 0 Å². The van der Waals surface area contributed by atoms with Gasteiger partial charge in [0.1, 0.15) is 27.7 Å². The van der Waals surface area contributed by atoms with Gasteiger partial charge in [0.05, 0.1) is 7.11 Å². The summed E-state index contributed by atoms with van der Waals surface area (Å²) in [6, 6.07) is 5.26. The fourth-order valence-electron chi connectivity index (χ4n) is 3.81. The molecule has 0 N–H and O–H groups in total. The van der Waals surface area contributed by atoms with E-state index in [2.05, 4.69) is 14.5 Å². The molecule has 9 nitrogen and oxygen atoms in total. The molecule has 3 aromatic rings. The molecular weight excluding hydrogens is 428 g/mol. The highest BCUT2D eigenvalue weighted by atomic mass is 32.2. The van der Waals surface area contributed by atoms with Crippen LogP contribution in [-0.2, 0) is 26.1 Å². The van der Waals surface area contributed by atoms with Crippen LogP contribution in [0.3, 0.4) is 0 Å². The highest BCUT2D eigenvalue weighted by molar-refractivity contribution is 7.89. The first-order valence-electron chi connectivity index (χ1n) is 9.44. The first-order valence-corrected chi connectivity index (χ1v) is 11.8. The van der Waals surface area contributed by atoms with Crippen LogP contribution in [0.5, 0.6) is 0 Å². The van der Waals surface area contributed by atoms with Crippen molar-refractivity contribution in [3.63, 3.8) is 0 Å². The first kappa shape index (κ1) is 20.9. The monoisotopic (exact) mass is 450 g/mol. The normalized spacial score (nSPS) is 16.2. The largest absolute Gasteiger partial charge is 0.465 e. The van der Waals surface area contributed by atoms with Crippen molar-refractivity contribution in [1.82, 2.24) is 18.8 Å². The van der Waals surface area contributed by atoms with Crippen LogP contribution in [0.2, 0.25) is 0 Å². The van der Waals surface area contributed by atoms with E-state index < -0.39 is 16.0 Å². The zero-order valence-electron chi connectivity index (χ0n) is 16.6. The number of imidazole rings is 1. The number of fused-ring (bicyclic) bond motifs is 1. The van der Waals surface area contributed by atoms with Gasteiger partial charge in [-0.15, -0.1) is 11.3 Å². The first-order chi connectivity index (χ1) is 14.5. The molecule has 3 aromatic heterocycles. The molecule has 1 aliphatic heterocycles. The molecule has 4 rings (SSSR count). The maximum atomic E-state index is 13.1. The zero-order chi connectivity index (χ0) is 21.3. The lowest BCUT2D eigenvalue weighted by molar-refractivity contribution is 0.0602. The number of aromatic nitrogens is 3. The van der Waals surface area contributed by atoms with Crippen molar-refractivity contribution >= 4 is 38.5 Å². The lowest BCUT2D eigenvalue weighted by Crippen LogP contribution is -2.39. The molecule has 0 radical (unpaired) electrons. The van der Waals surface area contributed by atoms with Crippen molar-refractivity contribution in [1.29, 1.82) is 0 Å². The smallest absolute Gasteiger partial charge is 0.349 e. The van der Waals surface area contributed by atoms with Crippen LogP contribution >= 0.6 is 11.3 Å². The fraction of sp³-hybridized carbons (Fsp3) is 0.421. The molecule has 1 saturated heterocycles. The van der Waals surface area contributed by atoms with E-state index in [1.54, 1.807) is 18.7 Å². The molecule has 1 aliphatic rings. The Bertz CT molecular complexity index is 1160. The summed E-state index contributed by atoms with van der Waals surface area (Å²) >= 11 is 1.07. The number of methoxy groups -OCH3 is 2. The van der Waals surface area contributed by atoms with Crippen molar-refractivity contribution in [2.24, 2.45) is 0 Å². The van der Waals surface area contributed by atoms with E-state index in [-0.39, 0.29) is 15.8 Å². The summed E-state index contributed by atoms with van der Waals surface area (Å²) in [5.74, 6) is 0.136.